The molecule has 1 heterocycles. The molecule has 9 nitrogen and oxygen atoms in total. The fraction of sp³-hybridized carbons (Fsp3) is 0.267. The zero-order valence-electron chi connectivity index (χ0n) is 13.3. The first-order valence-electron chi connectivity index (χ1n) is 7.22. The van der Waals surface area contributed by atoms with Crippen LogP contribution in [0.25, 0.3) is 0 Å². The van der Waals surface area contributed by atoms with Crippen molar-refractivity contribution in [2.24, 2.45) is 0 Å². The van der Waals surface area contributed by atoms with Crippen molar-refractivity contribution >= 4 is 29.3 Å². The lowest BCUT2D eigenvalue weighted by molar-refractivity contribution is -0.137. The Balaban J connectivity index is 1.89. The number of carboxylic acids is 1. The van der Waals surface area contributed by atoms with Gasteiger partial charge in [-0.15, -0.1) is 10.2 Å². The fourth-order valence-corrected chi connectivity index (χ4v) is 2.43. The highest BCUT2D eigenvalue weighted by atomic mass is 32.2. The third-order valence-corrected chi connectivity index (χ3v) is 3.88. The van der Waals surface area contributed by atoms with Crippen LogP contribution in [-0.4, -0.2) is 45.0 Å². The predicted molar refractivity (Wildman–Crippen MR) is 91.0 cm³/mol. The molecule has 2 aromatic rings. The minimum absolute atomic E-state index is 0.00105. The van der Waals surface area contributed by atoms with Gasteiger partial charge in [-0.3, -0.25) is 19.4 Å². The minimum Gasteiger partial charge on any atom is -0.497 e. The molecule has 1 aromatic heterocycles. The molecule has 0 aliphatic rings. The van der Waals surface area contributed by atoms with Gasteiger partial charge in [0.05, 0.1) is 19.3 Å². The van der Waals surface area contributed by atoms with Crippen molar-refractivity contribution in [3.8, 4) is 5.75 Å². The lowest BCUT2D eigenvalue weighted by Gasteiger charge is -2.06. The highest BCUT2D eigenvalue weighted by molar-refractivity contribution is 7.99. The summed E-state index contributed by atoms with van der Waals surface area (Å²) in [6.45, 7) is 0. The van der Waals surface area contributed by atoms with Crippen molar-refractivity contribution in [3.05, 3.63) is 40.3 Å². The van der Waals surface area contributed by atoms with Crippen molar-refractivity contribution in [3.63, 3.8) is 0 Å². The number of thioether (sulfide) groups is 1. The SMILES string of the molecule is COc1cccc(NC(=O)CSc2nnc(CCC(=O)O)c(=O)[nH]2)c1. The zero-order valence-corrected chi connectivity index (χ0v) is 14.1. The number of aryl methyl sites for hydroxylation is 1. The van der Waals surface area contributed by atoms with Gasteiger partial charge in [0.1, 0.15) is 11.4 Å². The molecular weight excluding hydrogens is 348 g/mol. The molecule has 0 fully saturated rings. The number of ether oxygens (including phenoxy) is 1. The van der Waals surface area contributed by atoms with E-state index in [-0.39, 0.29) is 35.4 Å². The van der Waals surface area contributed by atoms with Gasteiger partial charge < -0.3 is 15.2 Å². The summed E-state index contributed by atoms with van der Waals surface area (Å²) < 4.78 is 5.07. The number of hydrogen-bond donors (Lipinski definition) is 3. The Morgan fingerprint density at radius 3 is 2.84 bits per heavy atom. The van der Waals surface area contributed by atoms with Crippen LogP contribution in [0.5, 0.6) is 5.75 Å². The summed E-state index contributed by atoms with van der Waals surface area (Å²) in [5.74, 6) is -0.654. The first kappa shape index (κ1) is 18.5. The van der Waals surface area contributed by atoms with Crippen molar-refractivity contribution in [2.75, 3.05) is 18.2 Å². The highest BCUT2D eigenvalue weighted by Gasteiger charge is 2.10. The van der Waals surface area contributed by atoms with E-state index in [1.807, 2.05) is 0 Å². The summed E-state index contributed by atoms with van der Waals surface area (Å²) in [7, 11) is 1.53. The van der Waals surface area contributed by atoms with E-state index >= 15 is 0 Å². The van der Waals surface area contributed by atoms with E-state index in [2.05, 4.69) is 20.5 Å². The Morgan fingerprint density at radius 2 is 2.16 bits per heavy atom. The maximum absolute atomic E-state index is 11.9. The molecule has 0 bridgehead atoms. The summed E-state index contributed by atoms with van der Waals surface area (Å²) in [6.07, 6.45) is -0.202. The molecule has 0 saturated heterocycles. The lowest BCUT2D eigenvalue weighted by Crippen LogP contribution is -2.19. The number of carbonyl (C=O) groups excluding carboxylic acids is 1. The Bertz CT molecular complexity index is 824. The van der Waals surface area contributed by atoms with Gasteiger partial charge >= 0.3 is 5.97 Å². The Morgan fingerprint density at radius 1 is 1.36 bits per heavy atom. The number of carboxylic acid groups (broad SMARTS) is 1. The molecular formula is C15H16N4O5S. The third-order valence-electron chi connectivity index (χ3n) is 3.01. The van der Waals surface area contributed by atoms with Crippen LogP contribution in [0.1, 0.15) is 12.1 Å². The maximum atomic E-state index is 11.9. The van der Waals surface area contributed by atoms with Crippen LogP contribution in [0.15, 0.2) is 34.2 Å². The van der Waals surface area contributed by atoms with Crippen LogP contribution in [0.2, 0.25) is 0 Å². The van der Waals surface area contributed by atoms with Crippen molar-refractivity contribution in [1.29, 1.82) is 0 Å². The van der Waals surface area contributed by atoms with Crippen LogP contribution < -0.4 is 15.6 Å². The molecule has 0 aliphatic heterocycles. The number of rotatable bonds is 8. The second-order valence-electron chi connectivity index (χ2n) is 4.87. The molecule has 132 valence electrons. The summed E-state index contributed by atoms with van der Waals surface area (Å²) >= 11 is 1.02. The standard InChI is InChI=1S/C15H16N4O5S/c1-24-10-4-2-3-9(7-10)16-12(20)8-25-15-17-14(23)11(18-19-15)5-6-13(21)22/h2-4,7H,5-6,8H2,1H3,(H,16,20)(H,21,22)(H,17,19,23). The van der Waals surface area contributed by atoms with E-state index in [0.717, 1.165) is 11.8 Å². The number of H-pyrrole nitrogens is 1. The molecule has 0 saturated carbocycles. The van der Waals surface area contributed by atoms with Gasteiger partial charge in [-0.2, -0.15) is 0 Å². The minimum atomic E-state index is -1.02. The van der Waals surface area contributed by atoms with E-state index in [9.17, 15) is 14.4 Å². The van der Waals surface area contributed by atoms with Gasteiger partial charge in [0.2, 0.25) is 5.91 Å². The molecule has 0 spiro atoms. The number of aromatic amines is 1. The third kappa shape index (κ3) is 5.92. The number of amides is 1. The normalized spacial score (nSPS) is 10.3. The van der Waals surface area contributed by atoms with Crippen LogP contribution in [0.4, 0.5) is 5.69 Å². The monoisotopic (exact) mass is 364 g/mol. The van der Waals surface area contributed by atoms with E-state index < -0.39 is 11.5 Å². The number of methoxy groups -OCH3 is 1. The van der Waals surface area contributed by atoms with E-state index in [4.69, 9.17) is 9.84 Å². The van der Waals surface area contributed by atoms with E-state index in [1.165, 1.54) is 7.11 Å². The van der Waals surface area contributed by atoms with Crippen LogP contribution in [-0.2, 0) is 16.0 Å². The van der Waals surface area contributed by atoms with Crippen molar-refractivity contribution in [1.82, 2.24) is 15.2 Å². The molecule has 0 unspecified atom stereocenters. The summed E-state index contributed by atoms with van der Waals surface area (Å²) in [5, 5.41) is 19.0. The molecule has 1 amide bonds. The summed E-state index contributed by atoms with van der Waals surface area (Å²) in [5.41, 5.74) is 0.132. The van der Waals surface area contributed by atoms with Gasteiger partial charge in [-0.25, -0.2) is 0 Å². The smallest absolute Gasteiger partial charge is 0.303 e. The van der Waals surface area contributed by atoms with Gasteiger partial charge in [-0.1, -0.05) is 17.8 Å². The Labute approximate surface area is 146 Å². The second-order valence-corrected chi connectivity index (χ2v) is 5.83. The second kappa shape index (κ2) is 8.83. The van der Waals surface area contributed by atoms with Crippen LogP contribution in [0.3, 0.4) is 0 Å². The molecule has 3 N–H and O–H groups in total. The quantitative estimate of drug-likeness (QED) is 0.589. The topological polar surface area (TPSA) is 134 Å². The number of hydrogen-bond acceptors (Lipinski definition) is 7. The number of carbonyl (C=O) groups is 2. The fourth-order valence-electron chi connectivity index (χ4n) is 1.83. The average molecular weight is 364 g/mol. The molecule has 0 radical (unpaired) electrons. The number of nitrogens with one attached hydrogen (secondary N) is 2. The molecule has 25 heavy (non-hydrogen) atoms. The summed E-state index contributed by atoms with van der Waals surface area (Å²) in [4.78, 5) is 36.7. The highest BCUT2D eigenvalue weighted by Crippen LogP contribution is 2.17. The number of anilines is 1. The Hall–Kier alpha value is -2.88. The molecule has 0 atom stereocenters. The number of nitrogens with zero attached hydrogens (tertiary/aromatic N) is 2. The van der Waals surface area contributed by atoms with Crippen molar-refractivity contribution in [2.45, 2.75) is 18.0 Å². The van der Waals surface area contributed by atoms with E-state index in [1.54, 1.807) is 24.3 Å². The van der Waals surface area contributed by atoms with Crippen LogP contribution in [0, 0.1) is 0 Å². The van der Waals surface area contributed by atoms with Crippen molar-refractivity contribution < 1.29 is 19.4 Å². The van der Waals surface area contributed by atoms with Gasteiger partial charge in [-0.05, 0) is 12.1 Å². The van der Waals surface area contributed by atoms with Gasteiger partial charge in [0, 0.05) is 18.2 Å². The first-order valence-corrected chi connectivity index (χ1v) is 8.21. The molecule has 0 aliphatic carbocycles. The zero-order chi connectivity index (χ0) is 18.2. The molecule has 10 heteroatoms. The van der Waals surface area contributed by atoms with Gasteiger partial charge in [0.25, 0.3) is 5.56 Å². The largest absolute Gasteiger partial charge is 0.497 e. The van der Waals surface area contributed by atoms with E-state index in [0.29, 0.717) is 11.4 Å². The lowest BCUT2D eigenvalue weighted by atomic mass is 10.2. The average Bonchev–Trinajstić information content (AvgIpc) is 2.59. The first-order chi connectivity index (χ1) is 12.0. The van der Waals surface area contributed by atoms with Crippen LogP contribution >= 0.6 is 11.8 Å². The number of aromatic nitrogens is 3. The van der Waals surface area contributed by atoms with Gasteiger partial charge in [0.15, 0.2) is 5.16 Å². The number of aliphatic carboxylic acids is 1. The maximum Gasteiger partial charge on any atom is 0.303 e. The predicted octanol–water partition coefficient (Wildman–Crippen LogP) is 0.921. The number of benzene rings is 1. The molecule has 2 rings (SSSR count). The Kier molecular flexibility index (Phi) is 6.52. The molecule has 1 aromatic carbocycles. The summed E-state index contributed by atoms with van der Waals surface area (Å²) in [6, 6.07) is 6.92.